The van der Waals surface area contributed by atoms with Crippen LogP contribution in [0.3, 0.4) is 0 Å². The molecule has 5 aromatic rings. The van der Waals surface area contributed by atoms with E-state index in [9.17, 15) is 13.2 Å². The molecule has 2 N–H and O–H groups in total. The lowest BCUT2D eigenvalue weighted by atomic mass is 9.91. The van der Waals surface area contributed by atoms with Crippen molar-refractivity contribution in [3.05, 3.63) is 113 Å². The van der Waals surface area contributed by atoms with Gasteiger partial charge in [0.1, 0.15) is 5.82 Å². The molecule has 0 bridgehead atoms. The molecule has 35 heavy (non-hydrogen) atoms. The largest absolute Gasteiger partial charge is 0.418 e. The second kappa shape index (κ2) is 9.25. The lowest BCUT2D eigenvalue weighted by Gasteiger charge is -2.17. The number of pyridine rings is 1. The van der Waals surface area contributed by atoms with Crippen LogP contribution in [-0.2, 0) is 19.1 Å². The fourth-order valence-corrected chi connectivity index (χ4v) is 4.33. The van der Waals surface area contributed by atoms with Gasteiger partial charge in [-0.2, -0.15) is 13.2 Å². The maximum absolute atomic E-state index is 13.8. The number of para-hydroxylation sites is 1. The molecule has 0 amide bonds. The maximum Gasteiger partial charge on any atom is 0.418 e. The third kappa shape index (κ3) is 4.89. The Morgan fingerprint density at radius 2 is 1.69 bits per heavy atom. The molecule has 0 atom stereocenters. The van der Waals surface area contributed by atoms with E-state index in [1.807, 2.05) is 61.5 Å². The number of nitrogens with zero attached hydrogens (tertiary/aromatic N) is 2. The first-order valence-corrected chi connectivity index (χ1v) is 11.2. The van der Waals surface area contributed by atoms with Gasteiger partial charge in [-0.15, -0.1) is 0 Å². The number of imidazole rings is 1. The molecule has 3 aromatic carbocycles. The number of aryl methyl sites for hydroxylation is 1. The SMILES string of the molecule is Cc1ncc(CNc2cccc(-c3c(Cc4ccccc4)cnc4c(C(F)(F)F)cccc34)c2)[nH]1. The third-order valence-electron chi connectivity index (χ3n) is 5.91. The first-order valence-electron chi connectivity index (χ1n) is 11.2. The fraction of sp³-hybridized carbons (Fsp3) is 0.143. The Balaban J connectivity index is 1.62. The molecule has 4 nitrogen and oxygen atoms in total. The zero-order valence-electron chi connectivity index (χ0n) is 19.0. The Labute approximate surface area is 200 Å². The molecular formula is C28H23F3N4. The minimum atomic E-state index is -4.49. The average molecular weight is 473 g/mol. The molecule has 2 aromatic heterocycles. The van der Waals surface area contributed by atoms with E-state index in [0.717, 1.165) is 45.5 Å². The monoisotopic (exact) mass is 472 g/mol. The maximum atomic E-state index is 13.8. The summed E-state index contributed by atoms with van der Waals surface area (Å²) in [5.74, 6) is 0.838. The first-order chi connectivity index (χ1) is 16.9. The molecule has 0 aliphatic heterocycles. The van der Waals surface area contributed by atoms with Crippen LogP contribution < -0.4 is 5.32 Å². The second-order valence-corrected chi connectivity index (χ2v) is 8.45. The highest BCUT2D eigenvalue weighted by Crippen LogP contribution is 2.39. The number of anilines is 1. The van der Waals surface area contributed by atoms with E-state index in [-0.39, 0.29) is 5.52 Å². The van der Waals surface area contributed by atoms with Gasteiger partial charge in [-0.3, -0.25) is 4.98 Å². The molecule has 2 heterocycles. The summed E-state index contributed by atoms with van der Waals surface area (Å²) in [6.07, 6.45) is -0.580. The van der Waals surface area contributed by atoms with Gasteiger partial charge in [-0.05, 0) is 53.8 Å². The van der Waals surface area contributed by atoms with E-state index >= 15 is 0 Å². The molecule has 0 radical (unpaired) electrons. The molecule has 0 aliphatic rings. The summed E-state index contributed by atoms with van der Waals surface area (Å²) >= 11 is 0. The van der Waals surface area contributed by atoms with Gasteiger partial charge in [0.15, 0.2) is 0 Å². The molecule has 0 unspecified atom stereocenters. The number of fused-ring (bicyclic) bond motifs is 1. The van der Waals surface area contributed by atoms with Crippen LogP contribution in [-0.4, -0.2) is 15.0 Å². The van der Waals surface area contributed by atoms with Crippen molar-refractivity contribution in [3.8, 4) is 11.1 Å². The summed E-state index contributed by atoms with van der Waals surface area (Å²) in [6.45, 7) is 2.44. The number of aromatic nitrogens is 3. The minimum Gasteiger partial charge on any atom is -0.379 e. The van der Waals surface area contributed by atoms with Gasteiger partial charge >= 0.3 is 6.18 Å². The lowest BCUT2D eigenvalue weighted by molar-refractivity contribution is -0.136. The molecule has 0 aliphatic carbocycles. The Morgan fingerprint density at radius 3 is 2.43 bits per heavy atom. The van der Waals surface area contributed by atoms with Crippen LogP contribution in [0.15, 0.2) is 85.2 Å². The molecule has 0 saturated heterocycles. The Bertz CT molecular complexity index is 1470. The van der Waals surface area contributed by atoms with Crippen molar-refractivity contribution in [2.45, 2.75) is 26.1 Å². The number of halogens is 3. The van der Waals surface area contributed by atoms with E-state index in [2.05, 4.69) is 20.3 Å². The topological polar surface area (TPSA) is 53.6 Å². The molecule has 7 heteroatoms. The van der Waals surface area contributed by atoms with E-state index in [1.165, 1.54) is 6.07 Å². The number of hydrogen-bond acceptors (Lipinski definition) is 3. The van der Waals surface area contributed by atoms with Crippen LogP contribution in [0.2, 0.25) is 0 Å². The highest BCUT2D eigenvalue weighted by molar-refractivity contribution is 5.98. The average Bonchev–Trinajstić information content (AvgIpc) is 3.27. The van der Waals surface area contributed by atoms with Crippen LogP contribution in [0, 0.1) is 6.92 Å². The van der Waals surface area contributed by atoms with Gasteiger partial charge in [0.25, 0.3) is 0 Å². The highest BCUT2D eigenvalue weighted by atomic mass is 19.4. The Kier molecular flexibility index (Phi) is 5.99. The highest BCUT2D eigenvalue weighted by Gasteiger charge is 2.33. The van der Waals surface area contributed by atoms with Crippen LogP contribution in [0.25, 0.3) is 22.0 Å². The minimum absolute atomic E-state index is 0.0434. The van der Waals surface area contributed by atoms with Crippen molar-refractivity contribution in [1.82, 2.24) is 15.0 Å². The van der Waals surface area contributed by atoms with Gasteiger partial charge in [0, 0.05) is 17.3 Å². The number of nitrogens with one attached hydrogen (secondary N) is 2. The molecular weight excluding hydrogens is 449 g/mol. The van der Waals surface area contributed by atoms with Crippen molar-refractivity contribution >= 4 is 16.6 Å². The van der Waals surface area contributed by atoms with E-state index in [1.54, 1.807) is 18.5 Å². The van der Waals surface area contributed by atoms with Gasteiger partial charge in [-0.25, -0.2) is 4.98 Å². The Hall–Kier alpha value is -4.13. The summed E-state index contributed by atoms with van der Waals surface area (Å²) in [6, 6.07) is 21.8. The van der Waals surface area contributed by atoms with Crippen molar-refractivity contribution in [2.75, 3.05) is 5.32 Å². The number of rotatable bonds is 6. The predicted octanol–water partition coefficient (Wildman–Crippen LogP) is 7.16. The molecule has 5 rings (SSSR count). The zero-order valence-corrected chi connectivity index (χ0v) is 19.0. The van der Waals surface area contributed by atoms with Gasteiger partial charge in [-0.1, -0.05) is 54.6 Å². The van der Waals surface area contributed by atoms with Crippen LogP contribution in [0.1, 0.15) is 28.2 Å². The smallest absolute Gasteiger partial charge is 0.379 e. The van der Waals surface area contributed by atoms with Crippen molar-refractivity contribution in [2.24, 2.45) is 0 Å². The zero-order chi connectivity index (χ0) is 24.4. The van der Waals surface area contributed by atoms with Gasteiger partial charge < -0.3 is 10.3 Å². The van der Waals surface area contributed by atoms with Gasteiger partial charge in [0.05, 0.1) is 29.5 Å². The fourth-order valence-electron chi connectivity index (χ4n) is 4.33. The van der Waals surface area contributed by atoms with Crippen LogP contribution >= 0.6 is 0 Å². The van der Waals surface area contributed by atoms with Crippen molar-refractivity contribution in [1.29, 1.82) is 0 Å². The molecule has 0 fully saturated rings. The predicted molar refractivity (Wildman–Crippen MR) is 132 cm³/mol. The normalized spacial score (nSPS) is 11.7. The summed E-state index contributed by atoms with van der Waals surface area (Å²) in [5, 5.41) is 3.85. The third-order valence-corrected chi connectivity index (χ3v) is 5.91. The first kappa shape index (κ1) is 22.7. The van der Waals surface area contributed by atoms with Crippen molar-refractivity contribution in [3.63, 3.8) is 0 Å². The quantitative estimate of drug-likeness (QED) is 0.276. The summed E-state index contributed by atoms with van der Waals surface area (Å²) in [7, 11) is 0. The summed E-state index contributed by atoms with van der Waals surface area (Å²) in [5.41, 5.74) is 4.54. The number of benzene rings is 3. The standard InChI is InChI=1S/C28H23F3N4/c1-18-32-16-23(35-18)17-33-22-10-5-9-20(14-22)26-21(13-19-7-3-2-4-8-19)15-34-27-24(26)11-6-12-25(27)28(29,30)31/h2-12,14-16,33H,13,17H2,1H3,(H,32,35). The number of H-pyrrole nitrogens is 1. The Morgan fingerprint density at radius 1 is 0.886 bits per heavy atom. The molecule has 176 valence electrons. The molecule has 0 spiro atoms. The number of hydrogen-bond donors (Lipinski definition) is 2. The number of aromatic amines is 1. The van der Waals surface area contributed by atoms with Crippen LogP contribution in [0.4, 0.5) is 18.9 Å². The van der Waals surface area contributed by atoms with Crippen LogP contribution in [0.5, 0.6) is 0 Å². The van der Waals surface area contributed by atoms with E-state index in [4.69, 9.17) is 0 Å². The van der Waals surface area contributed by atoms with E-state index in [0.29, 0.717) is 18.4 Å². The molecule has 0 saturated carbocycles. The van der Waals surface area contributed by atoms with Gasteiger partial charge in [0.2, 0.25) is 0 Å². The number of alkyl halides is 3. The summed E-state index contributed by atoms with van der Waals surface area (Å²) in [4.78, 5) is 11.7. The lowest BCUT2D eigenvalue weighted by Crippen LogP contribution is -2.07. The van der Waals surface area contributed by atoms with Crippen molar-refractivity contribution < 1.29 is 13.2 Å². The second-order valence-electron chi connectivity index (χ2n) is 8.45. The van der Waals surface area contributed by atoms with E-state index < -0.39 is 11.7 Å². The summed E-state index contributed by atoms with van der Waals surface area (Å²) < 4.78 is 41.3.